The van der Waals surface area contributed by atoms with E-state index in [1.165, 1.54) is 0 Å². The molecule has 0 aliphatic rings. The minimum Gasteiger partial charge on any atom is -1.00 e. The summed E-state index contributed by atoms with van der Waals surface area (Å²) in [4.78, 5) is 0. The van der Waals surface area contributed by atoms with Crippen molar-refractivity contribution < 1.29 is 18.3 Å². The Balaban J connectivity index is 0. The number of quaternary nitrogens is 1. The molecular weight excluding hydrogens is 97.5 g/mol. The summed E-state index contributed by atoms with van der Waals surface area (Å²) in [6.07, 6.45) is 0. The van der Waals surface area contributed by atoms with E-state index in [9.17, 15) is 0 Å². The first-order chi connectivity index (χ1) is 2.56. The first-order valence-corrected chi connectivity index (χ1v) is 1.66. The van der Waals surface area contributed by atoms with Crippen molar-refractivity contribution in [3.63, 3.8) is 0 Å². The first kappa shape index (κ1) is 6.25. The van der Waals surface area contributed by atoms with Crippen LogP contribution in [0.5, 0.6) is 0 Å². The van der Waals surface area contributed by atoms with Crippen LogP contribution in [0.15, 0.2) is 0 Å². The zero-order chi connectivity index (χ0) is 5.21. The molecule has 0 aliphatic carbocycles. The second kappa shape index (κ2) is 2.43. The lowest BCUT2D eigenvalue weighted by molar-refractivity contribution is -0.849. The van der Waals surface area contributed by atoms with Crippen molar-refractivity contribution in [2.45, 2.75) is 0 Å². The van der Waals surface area contributed by atoms with Crippen LogP contribution in [0.25, 0.3) is 0 Å². The largest absolute Gasteiger partial charge is 1.00 e. The van der Waals surface area contributed by atoms with Crippen molar-refractivity contribution in [2.24, 2.45) is 0 Å². The summed E-state index contributed by atoms with van der Waals surface area (Å²) in [5.41, 5.74) is 0. The molecule has 2 heteroatoms. The third-order valence-corrected chi connectivity index (χ3v) is 0. The Kier molecular flexibility index (Phi) is 2.53. The summed E-state index contributed by atoms with van der Waals surface area (Å²) in [5.74, 6) is 0. The van der Waals surface area contributed by atoms with E-state index in [0.717, 1.165) is 4.48 Å². The van der Waals surface area contributed by atoms with E-state index in [0.29, 0.717) is 7.02 Å². The van der Waals surface area contributed by atoms with Crippen molar-refractivity contribution in [3.05, 3.63) is 0 Å². The van der Waals surface area contributed by atoms with Gasteiger partial charge in [0.1, 0.15) is 0 Å². The Morgan fingerprint density at radius 3 is 1.50 bits per heavy atom. The van der Waals surface area contributed by atoms with Crippen LogP contribution in [0.2, 0.25) is 0 Å². The van der Waals surface area contributed by atoms with E-state index >= 15 is 0 Å². The van der Waals surface area contributed by atoms with Gasteiger partial charge in [0.2, 0.25) is 0 Å². The maximum atomic E-state index is 6.83. The average Bonchev–Trinajstić information content (AvgIpc) is 1.35. The summed E-state index contributed by atoms with van der Waals surface area (Å²) in [6.45, 7) is 0. The van der Waals surface area contributed by atoms with E-state index < -0.39 is 0 Å². The van der Waals surface area contributed by atoms with Crippen LogP contribution in [0, 0.1) is 0 Å². The maximum absolute atomic E-state index is 6.83. The van der Waals surface area contributed by atoms with Crippen LogP contribution in [-0.2, 0) is 0 Å². The lowest BCUT2D eigenvalue weighted by Gasteiger charge is -2.14. The summed E-state index contributed by atoms with van der Waals surface area (Å²) in [7, 11) is 6.44. The molecule has 0 aromatic rings. The molecule has 0 aromatic heterocycles. The molecule has 0 bridgehead atoms. The quantitative estimate of drug-likeness (QED) is 0.299. The topological polar surface area (TPSA) is 0 Å². The van der Waals surface area contributed by atoms with E-state index in [1.807, 2.05) is 21.1 Å². The van der Waals surface area contributed by atoms with Crippen molar-refractivity contribution in [1.82, 2.24) is 0 Å². The van der Waals surface area contributed by atoms with Crippen molar-refractivity contribution in [2.75, 3.05) is 28.2 Å². The molecule has 0 rings (SSSR count). The third-order valence-electron chi connectivity index (χ3n) is 0. The smallest absolute Gasteiger partial charge is 0.0886 e. The monoisotopic (exact) mass is 110 g/mol. The van der Waals surface area contributed by atoms with Crippen molar-refractivity contribution in [1.29, 1.82) is 0 Å². The number of hydrogen-bond donors (Lipinski definition) is 0. The van der Waals surface area contributed by atoms with Crippen LogP contribution in [0.1, 0.15) is 1.37 Å². The molecule has 0 aliphatic heterocycles. The molecule has 0 N–H and O–H groups in total. The molecule has 0 spiro atoms. The number of halogens is 1. The van der Waals surface area contributed by atoms with Gasteiger partial charge in [-0.05, 0) is 0 Å². The van der Waals surface area contributed by atoms with Gasteiger partial charge in [0, 0.05) is 0 Å². The predicted molar refractivity (Wildman–Crippen MR) is 24.0 cm³/mol. The van der Waals surface area contributed by atoms with Crippen LogP contribution >= 0.6 is 0 Å². The third kappa shape index (κ3) is 718. The maximum Gasteiger partial charge on any atom is 0.0886 e. The molecular formula is C4H12ClN. The minimum atomic E-state index is 0. The molecule has 0 amide bonds. The average molecular weight is 111 g/mol. The normalized spacial score (nSPS) is 12.2. The number of hydrogen-bond acceptors (Lipinski definition) is 0. The molecule has 0 aromatic carbocycles. The second-order valence-electron chi connectivity index (χ2n) is 2.29. The summed E-state index contributed by atoms with van der Waals surface area (Å²) in [5, 5.41) is 0. The van der Waals surface area contributed by atoms with Crippen LogP contribution < -0.4 is 12.4 Å². The number of nitrogens with zero attached hydrogens (tertiary/aromatic N) is 1. The van der Waals surface area contributed by atoms with Gasteiger partial charge >= 0.3 is 0 Å². The standard InChI is InChI=1S/C4H12N.ClH/c1-5(2,3)4;/h1-4H3;1H/q+1;/p-1/i1D;. The van der Waals surface area contributed by atoms with E-state index in [1.54, 1.807) is 0 Å². The van der Waals surface area contributed by atoms with Crippen LogP contribution in [0.3, 0.4) is 0 Å². The fraction of sp³-hybridized carbons (Fsp3) is 1.00. The highest BCUT2D eigenvalue weighted by Gasteiger charge is 1.88. The molecule has 0 saturated carbocycles. The molecule has 40 valence electrons. The Hall–Kier alpha value is 0.250. The fourth-order valence-electron chi connectivity index (χ4n) is 0. The van der Waals surface area contributed by atoms with Crippen molar-refractivity contribution in [3.8, 4) is 0 Å². The van der Waals surface area contributed by atoms with Gasteiger partial charge in [-0.2, -0.15) is 0 Å². The lowest BCUT2D eigenvalue weighted by Crippen LogP contribution is -3.00. The zero-order valence-corrected chi connectivity index (χ0v) is 5.29. The Bertz CT molecular complexity index is 41.4. The summed E-state index contributed by atoms with van der Waals surface area (Å²) >= 11 is 0. The lowest BCUT2D eigenvalue weighted by atomic mass is 10.8. The summed E-state index contributed by atoms with van der Waals surface area (Å²) < 4.78 is 7.56. The molecule has 0 heterocycles. The SMILES string of the molecule is [2H]C[N+](C)(C)C.[Cl-]. The molecule has 0 saturated heterocycles. The van der Waals surface area contributed by atoms with E-state index in [4.69, 9.17) is 1.37 Å². The van der Waals surface area contributed by atoms with Crippen LogP contribution in [0.4, 0.5) is 0 Å². The van der Waals surface area contributed by atoms with Gasteiger partial charge in [-0.3, -0.25) is 0 Å². The zero-order valence-electron chi connectivity index (χ0n) is 5.53. The van der Waals surface area contributed by atoms with Gasteiger partial charge in [0.15, 0.2) is 0 Å². The molecule has 1 nitrogen and oxygen atoms in total. The van der Waals surface area contributed by atoms with E-state index in [2.05, 4.69) is 0 Å². The molecule has 6 heavy (non-hydrogen) atoms. The van der Waals surface area contributed by atoms with Gasteiger partial charge in [-0.25, -0.2) is 0 Å². The predicted octanol–water partition coefficient (Wildman–Crippen LogP) is -2.67. The van der Waals surface area contributed by atoms with Gasteiger partial charge < -0.3 is 16.9 Å². The van der Waals surface area contributed by atoms with E-state index in [-0.39, 0.29) is 12.4 Å². The van der Waals surface area contributed by atoms with Crippen molar-refractivity contribution >= 4 is 0 Å². The first-order valence-electron chi connectivity index (χ1n) is 2.36. The van der Waals surface area contributed by atoms with Gasteiger partial charge in [0.05, 0.1) is 29.5 Å². The Morgan fingerprint density at radius 2 is 1.50 bits per heavy atom. The molecule has 0 atom stereocenters. The molecule has 0 unspecified atom stereocenters. The Labute approximate surface area is 47.4 Å². The highest BCUT2D eigenvalue weighted by Crippen LogP contribution is 1.73. The van der Waals surface area contributed by atoms with Gasteiger partial charge in [-0.15, -0.1) is 0 Å². The fourth-order valence-corrected chi connectivity index (χ4v) is 0. The molecule has 0 radical (unpaired) electrons. The highest BCUT2D eigenvalue weighted by molar-refractivity contribution is 3.87. The molecule has 0 fully saturated rings. The van der Waals surface area contributed by atoms with Gasteiger partial charge in [0.25, 0.3) is 0 Å². The summed E-state index contributed by atoms with van der Waals surface area (Å²) in [6, 6.07) is 0. The second-order valence-corrected chi connectivity index (χ2v) is 2.29. The Morgan fingerprint density at radius 1 is 1.33 bits per heavy atom. The van der Waals surface area contributed by atoms with Gasteiger partial charge in [-0.1, -0.05) is 0 Å². The van der Waals surface area contributed by atoms with Crippen LogP contribution in [-0.4, -0.2) is 32.6 Å². The number of rotatable bonds is 0. The highest BCUT2D eigenvalue weighted by atomic mass is 35.5. The minimum absolute atomic E-state index is 0.